The Bertz CT molecular complexity index is 517. The molecule has 0 spiro atoms. The molecule has 7 heteroatoms. The molecular weight excluding hydrogens is 361 g/mol. The zero-order valence-corrected chi connectivity index (χ0v) is 11.5. The number of anilines is 1. The molecule has 16 heavy (non-hydrogen) atoms. The maximum absolute atomic E-state index is 11.7. The topological polar surface area (TPSA) is 54.9 Å². The molecule has 1 N–H and O–H groups in total. The van der Waals surface area contributed by atoms with E-state index in [1.54, 1.807) is 12.1 Å². The molecule has 0 saturated heterocycles. The van der Waals surface area contributed by atoms with Crippen LogP contribution < -0.4 is 5.32 Å². The van der Waals surface area contributed by atoms with Gasteiger partial charge in [-0.2, -0.15) is 0 Å². The van der Waals surface area contributed by atoms with Gasteiger partial charge >= 0.3 is 0 Å². The summed E-state index contributed by atoms with van der Waals surface area (Å²) in [5, 5.41) is 6.80. The van der Waals surface area contributed by atoms with Gasteiger partial charge in [0.15, 0.2) is 0 Å². The van der Waals surface area contributed by atoms with Crippen molar-refractivity contribution in [1.29, 1.82) is 0 Å². The van der Waals surface area contributed by atoms with E-state index < -0.39 is 0 Å². The number of hydrogen-bond acceptors (Lipinski definition) is 4. The standard InChI is InChI=1S/C9H5ClIN3OS/c10-6-3-5(11)1-2-7(6)13-9(15)8-4-12-14-16-8/h1-4H,(H,13,15). The zero-order valence-electron chi connectivity index (χ0n) is 7.78. The first-order chi connectivity index (χ1) is 7.66. The molecule has 0 atom stereocenters. The Morgan fingerprint density at radius 3 is 2.94 bits per heavy atom. The van der Waals surface area contributed by atoms with Crippen molar-refractivity contribution in [2.45, 2.75) is 0 Å². The van der Waals surface area contributed by atoms with Crippen LogP contribution in [0.2, 0.25) is 5.02 Å². The Hall–Kier alpha value is -0.730. The van der Waals surface area contributed by atoms with E-state index in [0.29, 0.717) is 15.6 Å². The van der Waals surface area contributed by atoms with Crippen molar-refractivity contribution < 1.29 is 4.79 Å². The second kappa shape index (κ2) is 5.07. The molecule has 1 aromatic heterocycles. The van der Waals surface area contributed by atoms with Crippen molar-refractivity contribution in [3.05, 3.63) is 37.9 Å². The summed E-state index contributed by atoms with van der Waals surface area (Å²) >= 11 is 9.18. The molecule has 1 heterocycles. The molecular formula is C9H5ClIN3OS. The average Bonchev–Trinajstić information content (AvgIpc) is 2.75. The number of carbonyl (C=O) groups excluding carboxylic acids is 1. The molecule has 0 aliphatic rings. The predicted octanol–water partition coefficient (Wildman–Crippen LogP) is 3.05. The van der Waals surface area contributed by atoms with Crippen LogP contribution in [0, 0.1) is 3.57 Å². The lowest BCUT2D eigenvalue weighted by molar-refractivity contribution is 0.103. The maximum atomic E-state index is 11.7. The number of nitrogens with one attached hydrogen (secondary N) is 1. The third kappa shape index (κ3) is 2.69. The van der Waals surface area contributed by atoms with Gasteiger partial charge in [-0.3, -0.25) is 4.79 Å². The van der Waals surface area contributed by atoms with E-state index in [1.807, 2.05) is 6.07 Å². The number of rotatable bonds is 2. The number of halogens is 2. The van der Waals surface area contributed by atoms with E-state index in [0.717, 1.165) is 15.1 Å². The van der Waals surface area contributed by atoms with Gasteiger partial charge in [0.1, 0.15) is 4.88 Å². The Kier molecular flexibility index (Phi) is 3.72. The molecule has 0 saturated carbocycles. The van der Waals surface area contributed by atoms with Crippen LogP contribution >= 0.6 is 45.7 Å². The highest BCUT2D eigenvalue weighted by atomic mass is 127. The number of amides is 1. The second-order valence-corrected chi connectivity index (χ2v) is 5.30. The monoisotopic (exact) mass is 365 g/mol. The summed E-state index contributed by atoms with van der Waals surface area (Å²) in [6, 6.07) is 5.41. The Morgan fingerprint density at radius 2 is 2.31 bits per heavy atom. The first-order valence-electron chi connectivity index (χ1n) is 4.20. The van der Waals surface area contributed by atoms with E-state index in [2.05, 4.69) is 37.5 Å². The molecule has 2 rings (SSSR count). The molecule has 1 aromatic carbocycles. The number of aromatic nitrogens is 2. The molecule has 0 aliphatic carbocycles. The molecule has 0 bridgehead atoms. The highest BCUT2D eigenvalue weighted by Gasteiger charge is 2.10. The summed E-state index contributed by atoms with van der Waals surface area (Å²) in [5.74, 6) is -0.252. The van der Waals surface area contributed by atoms with Gasteiger partial charge in [-0.05, 0) is 52.3 Å². The molecule has 82 valence electrons. The van der Waals surface area contributed by atoms with Crippen LogP contribution in [0.5, 0.6) is 0 Å². The molecule has 2 aromatic rings. The number of benzene rings is 1. The lowest BCUT2D eigenvalue weighted by Gasteiger charge is -2.05. The Morgan fingerprint density at radius 1 is 1.50 bits per heavy atom. The number of carbonyl (C=O) groups is 1. The third-order valence-corrected chi connectivity index (χ3v) is 3.41. The van der Waals surface area contributed by atoms with E-state index in [9.17, 15) is 4.79 Å². The second-order valence-electron chi connectivity index (χ2n) is 2.86. The lowest BCUT2D eigenvalue weighted by atomic mass is 10.3. The van der Waals surface area contributed by atoms with Crippen LogP contribution in [0.25, 0.3) is 0 Å². The summed E-state index contributed by atoms with van der Waals surface area (Å²) in [7, 11) is 0. The molecule has 4 nitrogen and oxygen atoms in total. The minimum absolute atomic E-state index is 0.252. The van der Waals surface area contributed by atoms with Gasteiger partial charge < -0.3 is 5.32 Å². The Labute approximate surface area is 114 Å². The minimum atomic E-state index is -0.252. The normalized spacial score (nSPS) is 10.1. The quantitative estimate of drug-likeness (QED) is 0.832. The smallest absolute Gasteiger partial charge is 0.269 e. The molecule has 0 unspecified atom stereocenters. The third-order valence-electron chi connectivity index (χ3n) is 1.76. The molecule has 0 fully saturated rings. The van der Waals surface area contributed by atoms with Gasteiger partial charge in [-0.25, -0.2) is 0 Å². The first kappa shape index (κ1) is 11.7. The largest absolute Gasteiger partial charge is 0.320 e. The van der Waals surface area contributed by atoms with Gasteiger partial charge in [0, 0.05) is 3.57 Å². The van der Waals surface area contributed by atoms with Gasteiger partial charge in [-0.1, -0.05) is 16.1 Å². The fourth-order valence-corrected chi connectivity index (χ4v) is 2.36. The fourth-order valence-electron chi connectivity index (χ4n) is 1.04. The van der Waals surface area contributed by atoms with Gasteiger partial charge in [0.25, 0.3) is 5.91 Å². The van der Waals surface area contributed by atoms with Gasteiger partial charge in [0.05, 0.1) is 16.9 Å². The van der Waals surface area contributed by atoms with Crippen LogP contribution in [0.3, 0.4) is 0 Å². The summed E-state index contributed by atoms with van der Waals surface area (Å²) in [6.45, 7) is 0. The van der Waals surface area contributed by atoms with Crippen molar-refractivity contribution in [1.82, 2.24) is 9.59 Å². The van der Waals surface area contributed by atoms with Crippen LogP contribution in [0.1, 0.15) is 9.67 Å². The minimum Gasteiger partial charge on any atom is -0.320 e. The van der Waals surface area contributed by atoms with Crippen molar-refractivity contribution in [3.8, 4) is 0 Å². The van der Waals surface area contributed by atoms with Crippen molar-refractivity contribution in [2.75, 3.05) is 5.32 Å². The SMILES string of the molecule is O=C(Nc1ccc(I)cc1Cl)c1cnns1. The maximum Gasteiger partial charge on any atom is 0.269 e. The highest BCUT2D eigenvalue weighted by Crippen LogP contribution is 2.24. The zero-order chi connectivity index (χ0) is 11.5. The van der Waals surface area contributed by atoms with E-state index in [4.69, 9.17) is 11.6 Å². The van der Waals surface area contributed by atoms with Gasteiger partial charge in [-0.15, -0.1) is 5.10 Å². The summed E-state index contributed by atoms with van der Waals surface area (Å²) in [5.41, 5.74) is 0.584. The highest BCUT2D eigenvalue weighted by molar-refractivity contribution is 14.1. The summed E-state index contributed by atoms with van der Waals surface area (Å²) < 4.78 is 4.63. The molecule has 0 aliphatic heterocycles. The van der Waals surface area contributed by atoms with Crippen LogP contribution in [0.4, 0.5) is 5.69 Å². The fraction of sp³-hybridized carbons (Fsp3) is 0. The average molecular weight is 366 g/mol. The van der Waals surface area contributed by atoms with Crippen LogP contribution in [0.15, 0.2) is 24.4 Å². The van der Waals surface area contributed by atoms with E-state index >= 15 is 0 Å². The molecule has 1 amide bonds. The van der Waals surface area contributed by atoms with Crippen molar-refractivity contribution in [3.63, 3.8) is 0 Å². The lowest BCUT2D eigenvalue weighted by Crippen LogP contribution is -2.10. The first-order valence-corrected chi connectivity index (χ1v) is 6.43. The van der Waals surface area contributed by atoms with E-state index in [1.165, 1.54) is 6.20 Å². The van der Waals surface area contributed by atoms with Crippen molar-refractivity contribution >= 4 is 57.3 Å². The number of hydrogen-bond donors (Lipinski definition) is 1. The van der Waals surface area contributed by atoms with Gasteiger partial charge in [0.2, 0.25) is 0 Å². The number of nitrogens with zero attached hydrogens (tertiary/aromatic N) is 2. The van der Waals surface area contributed by atoms with Crippen LogP contribution in [-0.2, 0) is 0 Å². The van der Waals surface area contributed by atoms with Crippen molar-refractivity contribution in [2.24, 2.45) is 0 Å². The van der Waals surface area contributed by atoms with Crippen LogP contribution in [-0.4, -0.2) is 15.5 Å². The predicted molar refractivity (Wildman–Crippen MR) is 72.0 cm³/mol. The Balaban J connectivity index is 2.18. The molecule has 0 radical (unpaired) electrons. The van der Waals surface area contributed by atoms with E-state index in [-0.39, 0.29) is 5.91 Å². The summed E-state index contributed by atoms with van der Waals surface area (Å²) in [4.78, 5) is 12.1. The summed E-state index contributed by atoms with van der Waals surface area (Å²) in [6.07, 6.45) is 1.42.